The molecule has 4 nitrogen and oxygen atoms in total. The van der Waals surface area contributed by atoms with E-state index in [1.807, 2.05) is 7.05 Å². The minimum atomic E-state index is 0.0781. The Bertz CT molecular complexity index is 339. The van der Waals surface area contributed by atoms with Crippen molar-refractivity contribution in [3.8, 4) is 0 Å². The van der Waals surface area contributed by atoms with Crippen molar-refractivity contribution in [2.24, 2.45) is 7.05 Å². The largest absolute Gasteiger partial charge is 0.332 e. The summed E-state index contributed by atoms with van der Waals surface area (Å²) in [5.41, 5.74) is 0. The average molecular weight is 207 g/mol. The van der Waals surface area contributed by atoms with E-state index in [-0.39, 0.29) is 5.78 Å². The van der Waals surface area contributed by atoms with E-state index in [4.69, 9.17) is 0 Å². The van der Waals surface area contributed by atoms with Crippen LogP contribution in [0.25, 0.3) is 0 Å². The predicted molar refractivity (Wildman–Crippen MR) is 57.8 cm³/mol. The number of hydrogen-bond donors (Lipinski definition) is 1. The summed E-state index contributed by atoms with van der Waals surface area (Å²) in [7, 11) is 1.84. The lowest BCUT2D eigenvalue weighted by Gasteiger charge is -2.10. The maximum absolute atomic E-state index is 11.7. The standard InChI is InChI=1S/C11H17N3O/c1-14-7-6-12-11(14)10(15)8-13-9-4-2-3-5-9/h6-7,9,13H,2-5,8H2,1H3. The van der Waals surface area contributed by atoms with E-state index in [0.717, 1.165) is 0 Å². The summed E-state index contributed by atoms with van der Waals surface area (Å²) in [5.74, 6) is 0.620. The summed E-state index contributed by atoms with van der Waals surface area (Å²) < 4.78 is 1.76. The Morgan fingerprint density at radius 3 is 2.93 bits per heavy atom. The van der Waals surface area contributed by atoms with E-state index < -0.39 is 0 Å². The number of nitrogens with one attached hydrogen (secondary N) is 1. The van der Waals surface area contributed by atoms with Gasteiger partial charge in [-0.2, -0.15) is 0 Å². The molecule has 4 heteroatoms. The van der Waals surface area contributed by atoms with Gasteiger partial charge in [-0.05, 0) is 12.8 Å². The van der Waals surface area contributed by atoms with Gasteiger partial charge in [0.05, 0.1) is 6.54 Å². The molecule has 1 aromatic heterocycles. The lowest BCUT2D eigenvalue weighted by atomic mass is 10.2. The monoisotopic (exact) mass is 207 g/mol. The first-order chi connectivity index (χ1) is 7.27. The summed E-state index contributed by atoms with van der Waals surface area (Å²) in [4.78, 5) is 15.8. The molecule has 1 aromatic rings. The molecule has 1 saturated carbocycles. The molecule has 0 unspecified atom stereocenters. The van der Waals surface area contributed by atoms with Gasteiger partial charge in [-0.25, -0.2) is 4.98 Å². The topological polar surface area (TPSA) is 46.9 Å². The van der Waals surface area contributed by atoms with Crippen LogP contribution in [0.3, 0.4) is 0 Å². The van der Waals surface area contributed by atoms with Crippen LogP contribution >= 0.6 is 0 Å². The fourth-order valence-electron chi connectivity index (χ4n) is 2.08. The smallest absolute Gasteiger partial charge is 0.211 e. The van der Waals surface area contributed by atoms with E-state index in [9.17, 15) is 4.79 Å². The predicted octanol–water partition coefficient (Wildman–Crippen LogP) is 1.13. The molecule has 0 atom stereocenters. The number of nitrogens with zero attached hydrogens (tertiary/aromatic N) is 2. The fourth-order valence-corrected chi connectivity index (χ4v) is 2.08. The molecule has 0 aromatic carbocycles. The highest BCUT2D eigenvalue weighted by atomic mass is 16.1. The number of hydrogen-bond acceptors (Lipinski definition) is 3. The molecule has 0 aliphatic heterocycles. The number of ketones is 1. The first kappa shape index (κ1) is 10.4. The van der Waals surface area contributed by atoms with E-state index in [1.54, 1.807) is 17.0 Å². The number of aromatic nitrogens is 2. The van der Waals surface area contributed by atoms with Crippen molar-refractivity contribution >= 4 is 5.78 Å². The first-order valence-corrected chi connectivity index (χ1v) is 5.51. The highest BCUT2D eigenvalue weighted by Gasteiger charge is 2.17. The molecule has 0 saturated heterocycles. The normalized spacial score (nSPS) is 17.1. The molecule has 0 spiro atoms. The number of imidazole rings is 1. The summed E-state index contributed by atoms with van der Waals surface area (Å²) in [6.45, 7) is 0.412. The molecule has 1 fully saturated rings. The average Bonchev–Trinajstić information content (AvgIpc) is 2.84. The Kier molecular flexibility index (Phi) is 3.16. The molecule has 2 rings (SSSR count). The van der Waals surface area contributed by atoms with Gasteiger partial charge in [0.1, 0.15) is 0 Å². The van der Waals surface area contributed by atoms with E-state index in [2.05, 4.69) is 10.3 Å². The summed E-state index contributed by atoms with van der Waals surface area (Å²) in [5, 5.41) is 3.29. The Hall–Kier alpha value is -1.16. The summed E-state index contributed by atoms with van der Waals surface area (Å²) >= 11 is 0. The van der Waals surface area contributed by atoms with E-state index in [1.165, 1.54) is 25.7 Å². The van der Waals surface area contributed by atoms with Crippen molar-refractivity contribution in [2.75, 3.05) is 6.54 Å². The second-order valence-corrected chi connectivity index (χ2v) is 4.15. The van der Waals surface area contributed by atoms with Crippen LogP contribution in [-0.4, -0.2) is 27.9 Å². The molecule has 0 amide bonds. The molecular formula is C11H17N3O. The Labute approximate surface area is 89.7 Å². The van der Waals surface area contributed by atoms with Crippen molar-refractivity contribution in [3.05, 3.63) is 18.2 Å². The zero-order valence-electron chi connectivity index (χ0n) is 9.07. The Morgan fingerprint density at radius 2 is 2.33 bits per heavy atom. The third kappa shape index (κ3) is 2.45. The molecular weight excluding hydrogens is 190 g/mol. The highest BCUT2D eigenvalue weighted by molar-refractivity contribution is 5.94. The van der Waals surface area contributed by atoms with Gasteiger partial charge in [-0.15, -0.1) is 0 Å². The third-order valence-corrected chi connectivity index (χ3v) is 2.98. The zero-order valence-corrected chi connectivity index (χ0v) is 9.07. The van der Waals surface area contributed by atoms with Crippen LogP contribution in [0.2, 0.25) is 0 Å². The number of Topliss-reactive ketones (excluding diaryl/α,β-unsaturated/α-hetero) is 1. The van der Waals surface area contributed by atoms with Crippen molar-refractivity contribution in [2.45, 2.75) is 31.7 Å². The number of rotatable bonds is 4. The van der Waals surface area contributed by atoms with Gasteiger partial charge >= 0.3 is 0 Å². The minimum absolute atomic E-state index is 0.0781. The minimum Gasteiger partial charge on any atom is -0.332 e. The van der Waals surface area contributed by atoms with Gasteiger partial charge in [-0.3, -0.25) is 4.79 Å². The maximum atomic E-state index is 11.7. The van der Waals surface area contributed by atoms with Gasteiger partial charge in [0, 0.05) is 25.5 Å². The molecule has 15 heavy (non-hydrogen) atoms. The second-order valence-electron chi connectivity index (χ2n) is 4.15. The van der Waals surface area contributed by atoms with Crippen molar-refractivity contribution in [1.82, 2.24) is 14.9 Å². The zero-order chi connectivity index (χ0) is 10.7. The number of carbonyl (C=O) groups is 1. The van der Waals surface area contributed by atoms with Crippen molar-refractivity contribution < 1.29 is 4.79 Å². The third-order valence-electron chi connectivity index (χ3n) is 2.98. The van der Waals surface area contributed by atoms with Gasteiger partial charge in [0.15, 0.2) is 5.82 Å². The molecule has 1 aliphatic rings. The van der Waals surface area contributed by atoms with Crippen LogP contribution in [0.1, 0.15) is 36.3 Å². The van der Waals surface area contributed by atoms with Crippen LogP contribution in [0.15, 0.2) is 12.4 Å². The fraction of sp³-hybridized carbons (Fsp3) is 0.636. The van der Waals surface area contributed by atoms with Gasteiger partial charge < -0.3 is 9.88 Å². The highest BCUT2D eigenvalue weighted by Crippen LogP contribution is 2.17. The molecule has 82 valence electrons. The molecule has 1 N–H and O–H groups in total. The van der Waals surface area contributed by atoms with Crippen molar-refractivity contribution in [1.29, 1.82) is 0 Å². The lowest BCUT2D eigenvalue weighted by Crippen LogP contribution is -2.32. The number of aryl methyl sites for hydroxylation is 1. The molecule has 1 heterocycles. The van der Waals surface area contributed by atoms with E-state index in [0.29, 0.717) is 18.4 Å². The SMILES string of the molecule is Cn1ccnc1C(=O)CNC1CCCC1. The Morgan fingerprint density at radius 1 is 1.60 bits per heavy atom. The maximum Gasteiger partial charge on any atom is 0.211 e. The summed E-state index contributed by atoms with van der Waals surface area (Å²) in [6.07, 6.45) is 8.43. The van der Waals surface area contributed by atoms with Gasteiger partial charge in [0.2, 0.25) is 5.78 Å². The van der Waals surface area contributed by atoms with Gasteiger partial charge in [-0.1, -0.05) is 12.8 Å². The van der Waals surface area contributed by atoms with Gasteiger partial charge in [0.25, 0.3) is 0 Å². The van der Waals surface area contributed by atoms with Crippen molar-refractivity contribution in [3.63, 3.8) is 0 Å². The molecule has 0 bridgehead atoms. The van der Waals surface area contributed by atoms with Crippen LogP contribution in [0.5, 0.6) is 0 Å². The Balaban J connectivity index is 1.84. The van der Waals surface area contributed by atoms with Crippen LogP contribution in [0.4, 0.5) is 0 Å². The summed E-state index contributed by atoms with van der Waals surface area (Å²) in [6, 6.07) is 0.536. The molecule has 1 aliphatic carbocycles. The first-order valence-electron chi connectivity index (χ1n) is 5.51. The molecule has 0 radical (unpaired) electrons. The lowest BCUT2D eigenvalue weighted by molar-refractivity contribution is 0.0974. The second kappa shape index (κ2) is 4.57. The number of carbonyl (C=O) groups excluding carboxylic acids is 1. The van der Waals surface area contributed by atoms with Crippen LogP contribution in [0, 0.1) is 0 Å². The van der Waals surface area contributed by atoms with Crippen LogP contribution < -0.4 is 5.32 Å². The van der Waals surface area contributed by atoms with Crippen LogP contribution in [-0.2, 0) is 7.05 Å². The quantitative estimate of drug-likeness (QED) is 0.753. The van der Waals surface area contributed by atoms with E-state index >= 15 is 0 Å².